The van der Waals surface area contributed by atoms with Crippen molar-refractivity contribution in [3.05, 3.63) is 0 Å². The average molecular weight is 462 g/mol. The molecule has 0 aromatic rings. The molecule has 0 radical (unpaired) electrons. The van der Waals surface area contributed by atoms with Gasteiger partial charge >= 0.3 is 6.03 Å². The largest absolute Gasteiger partial charge is 0.354 e. The summed E-state index contributed by atoms with van der Waals surface area (Å²) in [7, 11) is 0. The highest BCUT2D eigenvalue weighted by molar-refractivity contribution is 5.93. The lowest BCUT2D eigenvalue weighted by atomic mass is 9.88. The number of hydrogen-bond acceptors (Lipinski definition) is 4. The van der Waals surface area contributed by atoms with Gasteiger partial charge in [-0.25, -0.2) is 4.79 Å². The van der Waals surface area contributed by atoms with Crippen molar-refractivity contribution in [2.75, 3.05) is 26.2 Å². The zero-order valence-corrected chi connectivity index (χ0v) is 19.7. The van der Waals surface area contributed by atoms with E-state index >= 15 is 0 Å². The van der Waals surface area contributed by atoms with E-state index in [-0.39, 0.29) is 42.3 Å². The minimum absolute atomic E-state index is 0.0224. The second-order valence-electron chi connectivity index (χ2n) is 10.1. The van der Waals surface area contributed by atoms with Gasteiger partial charge in [0.15, 0.2) is 0 Å². The maximum atomic E-state index is 13.3. The van der Waals surface area contributed by atoms with Crippen LogP contribution in [0.4, 0.5) is 4.79 Å². The molecule has 4 rings (SSSR count). The molecule has 0 aromatic carbocycles. The summed E-state index contributed by atoms with van der Waals surface area (Å²) in [6, 6.07) is -1.47. The van der Waals surface area contributed by atoms with Crippen molar-refractivity contribution in [3.63, 3.8) is 0 Å². The normalized spacial score (nSPS) is 27.6. The van der Waals surface area contributed by atoms with Crippen LogP contribution in [0.5, 0.6) is 0 Å². The van der Waals surface area contributed by atoms with Gasteiger partial charge in [0.05, 0.1) is 6.54 Å². The van der Waals surface area contributed by atoms with Crippen molar-refractivity contribution in [1.29, 1.82) is 0 Å². The van der Waals surface area contributed by atoms with E-state index < -0.39 is 12.1 Å². The van der Waals surface area contributed by atoms with E-state index in [0.29, 0.717) is 26.1 Å². The molecule has 0 aromatic heterocycles. The summed E-state index contributed by atoms with van der Waals surface area (Å²) < 4.78 is 0. The lowest BCUT2D eigenvalue weighted by molar-refractivity contribution is -0.142. The van der Waals surface area contributed by atoms with Crippen LogP contribution in [-0.2, 0) is 14.4 Å². The van der Waals surface area contributed by atoms with Crippen molar-refractivity contribution < 1.29 is 19.2 Å². The van der Waals surface area contributed by atoms with Gasteiger partial charge in [0.1, 0.15) is 12.1 Å². The van der Waals surface area contributed by atoms with Gasteiger partial charge in [0.25, 0.3) is 0 Å². The quantitative estimate of drug-likeness (QED) is 0.589. The third-order valence-corrected chi connectivity index (χ3v) is 7.74. The molecule has 9 heteroatoms. The molecule has 5 amide bonds. The van der Waals surface area contributed by atoms with Crippen LogP contribution in [0.2, 0.25) is 0 Å². The number of urea groups is 1. The molecule has 184 valence electrons. The van der Waals surface area contributed by atoms with Crippen LogP contribution in [0, 0.1) is 5.92 Å². The molecule has 0 bridgehead atoms. The Labute approximate surface area is 196 Å². The molecule has 2 aliphatic carbocycles. The molecular weight excluding hydrogens is 422 g/mol. The van der Waals surface area contributed by atoms with Crippen molar-refractivity contribution in [3.8, 4) is 0 Å². The molecule has 2 heterocycles. The van der Waals surface area contributed by atoms with E-state index in [9.17, 15) is 19.2 Å². The Balaban J connectivity index is 1.44. The summed E-state index contributed by atoms with van der Waals surface area (Å²) in [5, 5.41) is 8.76. The molecule has 0 spiro atoms. The molecule has 4 aliphatic rings. The fourth-order valence-corrected chi connectivity index (χ4v) is 5.74. The Morgan fingerprint density at radius 3 is 2.21 bits per heavy atom. The molecular formula is C24H39N5O4. The van der Waals surface area contributed by atoms with E-state index in [1.165, 1.54) is 12.8 Å². The second-order valence-corrected chi connectivity index (χ2v) is 10.1. The number of nitrogens with one attached hydrogen (secondary N) is 3. The highest BCUT2D eigenvalue weighted by Gasteiger charge is 2.40. The van der Waals surface area contributed by atoms with E-state index in [4.69, 9.17) is 0 Å². The first kappa shape index (κ1) is 23.8. The third-order valence-electron chi connectivity index (χ3n) is 7.74. The molecule has 9 nitrogen and oxygen atoms in total. The molecule has 3 N–H and O–H groups in total. The summed E-state index contributed by atoms with van der Waals surface area (Å²) in [6.07, 6.45) is 11.8. The summed E-state index contributed by atoms with van der Waals surface area (Å²) in [5.74, 6) is -0.403. The first-order chi connectivity index (χ1) is 16.0. The summed E-state index contributed by atoms with van der Waals surface area (Å²) in [4.78, 5) is 55.2. The van der Waals surface area contributed by atoms with Gasteiger partial charge in [0, 0.05) is 31.6 Å². The lowest BCUT2D eigenvalue weighted by Gasteiger charge is -2.42. The summed E-state index contributed by atoms with van der Waals surface area (Å²) >= 11 is 0. The Kier molecular flexibility index (Phi) is 8.09. The average Bonchev–Trinajstić information content (AvgIpc) is 2.85. The van der Waals surface area contributed by atoms with Crippen LogP contribution in [0.25, 0.3) is 0 Å². The van der Waals surface area contributed by atoms with Gasteiger partial charge in [-0.3, -0.25) is 14.4 Å². The fourth-order valence-electron chi connectivity index (χ4n) is 5.74. The smallest absolute Gasteiger partial charge is 0.318 e. The van der Waals surface area contributed by atoms with Gasteiger partial charge in [-0.1, -0.05) is 38.5 Å². The zero-order valence-electron chi connectivity index (χ0n) is 19.7. The van der Waals surface area contributed by atoms with Crippen molar-refractivity contribution in [1.82, 2.24) is 25.8 Å². The van der Waals surface area contributed by atoms with Gasteiger partial charge in [-0.05, 0) is 38.5 Å². The number of hydrogen-bond donors (Lipinski definition) is 3. The van der Waals surface area contributed by atoms with Gasteiger partial charge < -0.3 is 25.8 Å². The first-order valence-electron chi connectivity index (χ1n) is 13.0. The Hall–Kier alpha value is -2.32. The maximum Gasteiger partial charge on any atom is 0.318 e. The molecule has 33 heavy (non-hydrogen) atoms. The molecule has 2 aliphatic heterocycles. The predicted octanol–water partition coefficient (Wildman–Crippen LogP) is 1.52. The van der Waals surface area contributed by atoms with Crippen LogP contribution in [0.3, 0.4) is 0 Å². The monoisotopic (exact) mass is 461 g/mol. The van der Waals surface area contributed by atoms with E-state index in [1.54, 1.807) is 9.80 Å². The fraction of sp³-hybridized carbons (Fsp3) is 0.833. The second kappa shape index (κ2) is 11.2. The van der Waals surface area contributed by atoms with Crippen LogP contribution in [0.15, 0.2) is 0 Å². The van der Waals surface area contributed by atoms with Crippen LogP contribution < -0.4 is 16.0 Å². The lowest BCUT2D eigenvalue weighted by Crippen LogP contribution is -2.65. The minimum Gasteiger partial charge on any atom is -0.354 e. The van der Waals surface area contributed by atoms with Crippen molar-refractivity contribution in [2.45, 2.75) is 95.2 Å². The van der Waals surface area contributed by atoms with Crippen LogP contribution in [0.1, 0.15) is 77.0 Å². The topological polar surface area (TPSA) is 111 Å². The number of carbonyl (C=O) groups excluding carboxylic acids is 4. The SMILES string of the molecule is O=C1NCCC[C@@H]1NC(=O)[C@H]1CN(C(=O)C2CCCCC2)CCN1C(=O)NC1CCCCC1. The molecule has 2 saturated heterocycles. The summed E-state index contributed by atoms with van der Waals surface area (Å²) in [6.45, 7) is 1.58. The van der Waals surface area contributed by atoms with E-state index in [2.05, 4.69) is 16.0 Å². The van der Waals surface area contributed by atoms with Crippen molar-refractivity contribution >= 4 is 23.8 Å². The molecule has 4 fully saturated rings. The zero-order chi connectivity index (χ0) is 23.2. The number of carbonyl (C=O) groups is 4. The predicted molar refractivity (Wildman–Crippen MR) is 123 cm³/mol. The van der Waals surface area contributed by atoms with Crippen LogP contribution >= 0.6 is 0 Å². The third kappa shape index (κ3) is 5.98. The van der Waals surface area contributed by atoms with Crippen molar-refractivity contribution in [2.24, 2.45) is 5.92 Å². The highest BCUT2D eigenvalue weighted by Crippen LogP contribution is 2.27. The van der Waals surface area contributed by atoms with Gasteiger partial charge in [0.2, 0.25) is 17.7 Å². The standard InChI is InChI=1S/C24H39N5O4/c30-21-19(12-7-13-25-21)27-22(31)20-16-28(23(32)17-8-3-1-4-9-17)14-15-29(20)24(33)26-18-10-5-2-6-11-18/h17-20H,1-16H2,(H,25,30)(H,26,33)(H,27,31)/t19-,20+/m0/s1. The summed E-state index contributed by atoms with van der Waals surface area (Å²) in [5.41, 5.74) is 0. The Morgan fingerprint density at radius 2 is 1.52 bits per heavy atom. The highest BCUT2D eigenvalue weighted by atomic mass is 16.2. The maximum absolute atomic E-state index is 13.3. The first-order valence-corrected chi connectivity index (χ1v) is 13.0. The van der Waals surface area contributed by atoms with Crippen LogP contribution in [-0.4, -0.2) is 77.9 Å². The van der Waals surface area contributed by atoms with E-state index in [1.807, 2.05) is 0 Å². The number of piperidine rings is 1. The number of rotatable bonds is 4. The molecule has 2 atom stereocenters. The Morgan fingerprint density at radius 1 is 0.818 bits per heavy atom. The van der Waals surface area contributed by atoms with Gasteiger partial charge in [-0.15, -0.1) is 0 Å². The number of piperazine rings is 1. The van der Waals surface area contributed by atoms with Gasteiger partial charge in [-0.2, -0.15) is 0 Å². The van der Waals surface area contributed by atoms with E-state index in [0.717, 1.165) is 57.8 Å². The minimum atomic E-state index is -0.787. The number of nitrogens with zero attached hydrogens (tertiary/aromatic N) is 2. The Bertz CT molecular complexity index is 732. The molecule has 2 saturated carbocycles. The molecule has 0 unspecified atom stereocenters. The number of amides is 5.